The van der Waals surface area contributed by atoms with Crippen LogP contribution in [0, 0.1) is 16.7 Å². The highest BCUT2D eigenvalue weighted by molar-refractivity contribution is 5.85. The third-order valence-corrected chi connectivity index (χ3v) is 5.58. The molecule has 1 heterocycles. The van der Waals surface area contributed by atoms with Gasteiger partial charge in [0.15, 0.2) is 0 Å². The summed E-state index contributed by atoms with van der Waals surface area (Å²) in [4.78, 5) is 15.0. The summed E-state index contributed by atoms with van der Waals surface area (Å²) in [7, 11) is 0. The van der Waals surface area contributed by atoms with Gasteiger partial charge in [0.2, 0.25) is 5.91 Å². The first-order valence-electron chi connectivity index (χ1n) is 7.86. The van der Waals surface area contributed by atoms with Crippen molar-refractivity contribution >= 4 is 18.3 Å². The van der Waals surface area contributed by atoms with Gasteiger partial charge in [-0.25, -0.2) is 0 Å². The van der Waals surface area contributed by atoms with Crippen molar-refractivity contribution in [2.75, 3.05) is 6.54 Å². The molecule has 2 N–H and O–H groups in total. The lowest BCUT2D eigenvalue weighted by molar-refractivity contribution is -0.136. The van der Waals surface area contributed by atoms with Crippen molar-refractivity contribution in [3.63, 3.8) is 0 Å². The number of carbonyl (C=O) groups is 1. The lowest BCUT2D eigenvalue weighted by Crippen LogP contribution is -2.44. The van der Waals surface area contributed by atoms with Crippen LogP contribution in [0.15, 0.2) is 0 Å². The summed E-state index contributed by atoms with van der Waals surface area (Å²) < 4.78 is 0. The predicted molar refractivity (Wildman–Crippen MR) is 83.8 cm³/mol. The fourth-order valence-electron chi connectivity index (χ4n) is 5.23. The number of halogens is 1. The molecule has 4 heteroatoms. The first-order valence-corrected chi connectivity index (χ1v) is 7.86. The zero-order chi connectivity index (χ0) is 13.8. The number of hydrogen-bond donors (Lipinski definition) is 1. The van der Waals surface area contributed by atoms with Crippen molar-refractivity contribution in [1.82, 2.24) is 4.90 Å². The van der Waals surface area contributed by atoms with Crippen LogP contribution in [0.25, 0.3) is 0 Å². The maximum atomic E-state index is 12.8. The number of fused-ring (bicyclic) bond motifs is 2. The van der Waals surface area contributed by atoms with E-state index >= 15 is 0 Å². The Morgan fingerprint density at radius 2 is 1.90 bits per heavy atom. The number of carbonyl (C=O) groups excluding carboxylic acids is 1. The van der Waals surface area contributed by atoms with Gasteiger partial charge in [-0.15, -0.1) is 12.4 Å². The number of amides is 1. The number of nitrogens with two attached hydrogens (primary N) is 1. The van der Waals surface area contributed by atoms with Gasteiger partial charge in [-0.2, -0.15) is 0 Å². The first kappa shape index (κ1) is 16.1. The van der Waals surface area contributed by atoms with Crippen LogP contribution >= 0.6 is 12.4 Å². The van der Waals surface area contributed by atoms with E-state index in [1.165, 1.54) is 12.8 Å². The van der Waals surface area contributed by atoms with Gasteiger partial charge in [-0.3, -0.25) is 4.79 Å². The molecule has 0 aromatic carbocycles. The molecule has 20 heavy (non-hydrogen) atoms. The van der Waals surface area contributed by atoms with Crippen LogP contribution in [0.3, 0.4) is 0 Å². The van der Waals surface area contributed by atoms with Crippen LogP contribution in [-0.2, 0) is 4.79 Å². The van der Waals surface area contributed by atoms with E-state index in [-0.39, 0.29) is 24.4 Å². The summed E-state index contributed by atoms with van der Waals surface area (Å²) in [5.41, 5.74) is 6.84. The molecular weight excluding hydrogens is 272 g/mol. The van der Waals surface area contributed by atoms with Crippen molar-refractivity contribution in [3.8, 4) is 0 Å². The molecule has 1 saturated heterocycles. The molecule has 116 valence electrons. The normalized spacial score (nSPS) is 42.4. The zero-order valence-corrected chi connectivity index (χ0v) is 13.8. The third kappa shape index (κ3) is 2.71. The van der Waals surface area contributed by atoms with E-state index < -0.39 is 0 Å². The summed E-state index contributed by atoms with van der Waals surface area (Å²) in [6.07, 6.45) is 6.76. The summed E-state index contributed by atoms with van der Waals surface area (Å²) in [5, 5.41) is 0. The Hall–Kier alpha value is -0.280. The predicted octanol–water partition coefficient (Wildman–Crippen LogP) is 2.96. The van der Waals surface area contributed by atoms with E-state index in [2.05, 4.69) is 25.7 Å². The van der Waals surface area contributed by atoms with Gasteiger partial charge in [0.25, 0.3) is 0 Å². The van der Waals surface area contributed by atoms with Crippen LogP contribution in [0.4, 0.5) is 0 Å². The van der Waals surface area contributed by atoms with Gasteiger partial charge in [0.05, 0.1) is 5.92 Å². The molecule has 1 aliphatic heterocycles. The fraction of sp³-hybridized carbons (Fsp3) is 0.938. The molecule has 2 saturated carbocycles. The summed E-state index contributed by atoms with van der Waals surface area (Å²) in [6.45, 7) is 8.03. The van der Waals surface area contributed by atoms with E-state index in [0.717, 1.165) is 32.2 Å². The number of nitrogens with zero attached hydrogens (tertiary/aromatic N) is 1. The molecule has 3 nitrogen and oxygen atoms in total. The van der Waals surface area contributed by atoms with Crippen molar-refractivity contribution in [3.05, 3.63) is 0 Å². The minimum atomic E-state index is 0. The van der Waals surface area contributed by atoms with Crippen LogP contribution in [0.2, 0.25) is 0 Å². The van der Waals surface area contributed by atoms with Gasteiger partial charge in [0.1, 0.15) is 0 Å². The van der Waals surface area contributed by atoms with E-state index in [9.17, 15) is 4.79 Å². The molecule has 0 radical (unpaired) electrons. The standard InChI is InChI=1S/C16H28N2O.ClH/c1-15(2)7-11-8-16(3,9-15)10-18(11)14(19)12-5-4-6-13(12)17;/h11-13H,4-10,17H2,1-3H3;1H. The van der Waals surface area contributed by atoms with E-state index in [1.54, 1.807) is 0 Å². The molecule has 0 aromatic rings. The molecule has 0 spiro atoms. The smallest absolute Gasteiger partial charge is 0.227 e. The average Bonchev–Trinajstić information content (AvgIpc) is 2.78. The van der Waals surface area contributed by atoms with Crippen molar-refractivity contribution in [2.24, 2.45) is 22.5 Å². The lowest BCUT2D eigenvalue weighted by Gasteiger charge is -2.39. The molecule has 2 aliphatic carbocycles. The van der Waals surface area contributed by atoms with Gasteiger partial charge < -0.3 is 10.6 Å². The molecular formula is C16H29ClN2O. The number of likely N-dealkylation sites (tertiary alicyclic amines) is 1. The minimum Gasteiger partial charge on any atom is -0.339 e. The van der Waals surface area contributed by atoms with Crippen molar-refractivity contribution < 1.29 is 4.79 Å². The Morgan fingerprint density at radius 3 is 2.50 bits per heavy atom. The molecule has 3 rings (SSSR count). The third-order valence-electron chi connectivity index (χ3n) is 5.58. The maximum absolute atomic E-state index is 12.8. The quantitative estimate of drug-likeness (QED) is 0.809. The van der Waals surface area contributed by atoms with Crippen LogP contribution < -0.4 is 5.73 Å². The van der Waals surface area contributed by atoms with Gasteiger partial charge in [-0.1, -0.05) is 27.2 Å². The van der Waals surface area contributed by atoms with Crippen molar-refractivity contribution in [2.45, 2.75) is 71.4 Å². The Balaban J connectivity index is 0.00000147. The second kappa shape index (κ2) is 5.17. The van der Waals surface area contributed by atoms with Gasteiger partial charge >= 0.3 is 0 Å². The molecule has 4 atom stereocenters. The summed E-state index contributed by atoms with van der Waals surface area (Å²) >= 11 is 0. The molecule has 4 unspecified atom stereocenters. The monoisotopic (exact) mass is 300 g/mol. The Bertz CT molecular complexity index is 398. The SMILES string of the molecule is CC1(C)CC2CC(C)(CN2C(=O)C2CCCC2N)C1.Cl. The van der Waals surface area contributed by atoms with E-state index in [4.69, 9.17) is 5.73 Å². The molecule has 3 fully saturated rings. The molecule has 2 bridgehead atoms. The van der Waals surface area contributed by atoms with Crippen LogP contribution in [0.1, 0.15) is 59.3 Å². The Morgan fingerprint density at radius 1 is 1.20 bits per heavy atom. The lowest BCUT2D eigenvalue weighted by atomic mass is 9.65. The topological polar surface area (TPSA) is 46.3 Å². The zero-order valence-electron chi connectivity index (χ0n) is 13.0. The number of rotatable bonds is 1. The minimum absolute atomic E-state index is 0. The van der Waals surface area contributed by atoms with E-state index in [0.29, 0.717) is 22.8 Å². The Labute approximate surface area is 129 Å². The molecule has 0 aromatic heterocycles. The maximum Gasteiger partial charge on any atom is 0.227 e. The van der Waals surface area contributed by atoms with Crippen LogP contribution in [0.5, 0.6) is 0 Å². The van der Waals surface area contributed by atoms with Crippen molar-refractivity contribution in [1.29, 1.82) is 0 Å². The second-order valence-electron chi connectivity index (χ2n) is 8.38. The average molecular weight is 301 g/mol. The fourth-order valence-corrected chi connectivity index (χ4v) is 5.23. The summed E-state index contributed by atoms with van der Waals surface area (Å²) in [6, 6.07) is 0.572. The highest BCUT2D eigenvalue weighted by atomic mass is 35.5. The van der Waals surface area contributed by atoms with Gasteiger partial charge in [0, 0.05) is 18.6 Å². The number of hydrogen-bond acceptors (Lipinski definition) is 2. The largest absolute Gasteiger partial charge is 0.339 e. The molecule has 1 amide bonds. The van der Waals surface area contributed by atoms with E-state index in [1.807, 2.05) is 0 Å². The molecule has 3 aliphatic rings. The first-order chi connectivity index (χ1) is 8.80. The highest BCUT2D eigenvalue weighted by Gasteiger charge is 2.52. The summed E-state index contributed by atoms with van der Waals surface area (Å²) in [5.74, 6) is 0.461. The Kier molecular flexibility index (Phi) is 4.16. The highest BCUT2D eigenvalue weighted by Crippen LogP contribution is 2.53. The second-order valence-corrected chi connectivity index (χ2v) is 8.38. The van der Waals surface area contributed by atoms with Crippen LogP contribution in [-0.4, -0.2) is 29.4 Å². The van der Waals surface area contributed by atoms with Gasteiger partial charge in [-0.05, 0) is 42.9 Å².